The summed E-state index contributed by atoms with van der Waals surface area (Å²) in [6.45, 7) is 0.215. The monoisotopic (exact) mass is 262 g/mol. The zero-order valence-corrected chi connectivity index (χ0v) is 10.4. The topological polar surface area (TPSA) is 65.1 Å². The molecule has 1 aliphatic rings. The summed E-state index contributed by atoms with van der Waals surface area (Å²) >= 11 is 0. The Morgan fingerprint density at radius 3 is 2.95 bits per heavy atom. The van der Waals surface area contributed by atoms with E-state index in [1.807, 2.05) is 0 Å². The SMILES string of the molecule is O=C(NCC1(O)CCC1)c1c[nH]c2cccc(F)c12. The fourth-order valence-electron chi connectivity index (χ4n) is 2.42. The Morgan fingerprint density at radius 1 is 1.47 bits per heavy atom. The van der Waals surface area contributed by atoms with Crippen LogP contribution in [-0.2, 0) is 0 Å². The summed E-state index contributed by atoms with van der Waals surface area (Å²) in [5.41, 5.74) is 0.0869. The van der Waals surface area contributed by atoms with E-state index in [1.165, 1.54) is 12.3 Å². The summed E-state index contributed by atoms with van der Waals surface area (Å²) in [4.78, 5) is 14.9. The van der Waals surface area contributed by atoms with Crippen LogP contribution in [0, 0.1) is 5.82 Å². The lowest BCUT2D eigenvalue weighted by atomic mass is 9.80. The van der Waals surface area contributed by atoms with Crippen LogP contribution in [0.2, 0.25) is 0 Å². The molecule has 2 aromatic rings. The van der Waals surface area contributed by atoms with Crippen LogP contribution in [0.3, 0.4) is 0 Å². The third kappa shape index (κ3) is 2.10. The van der Waals surface area contributed by atoms with Crippen molar-refractivity contribution in [3.8, 4) is 0 Å². The number of hydrogen-bond donors (Lipinski definition) is 3. The minimum Gasteiger partial charge on any atom is -0.388 e. The predicted octanol–water partition coefficient (Wildman–Crippen LogP) is 1.95. The molecule has 1 aromatic heterocycles. The molecule has 1 saturated carbocycles. The molecule has 3 rings (SSSR count). The molecule has 5 heteroatoms. The summed E-state index contributed by atoms with van der Waals surface area (Å²) in [6, 6.07) is 4.63. The molecule has 0 radical (unpaired) electrons. The highest BCUT2D eigenvalue weighted by Gasteiger charge is 2.34. The Balaban J connectivity index is 1.81. The van der Waals surface area contributed by atoms with E-state index < -0.39 is 11.4 Å². The van der Waals surface area contributed by atoms with E-state index in [-0.39, 0.29) is 18.0 Å². The summed E-state index contributed by atoms with van der Waals surface area (Å²) in [6.07, 6.45) is 3.88. The van der Waals surface area contributed by atoms with Gasteiger partial charge in [-0.2, -0.15) is 0 Å². The van der Waals surface area contributed by atoms with Crippen molar-refractivity contribution in [1.82, 2.24) is 10.3 Å². The van der Waals surface area contributed by atoms with E-state index in [0.29, 0.717) is 23.7 Å². The molecule has 0 unspecified atom stereocenters. The Kier molecular flexibility index (Phi) is 2.78. The van der Waals surface area contributed by atoms with Crippen LogP contribution in [0.25, 0.3) is 10.9 Å². The van der Waals surface area contributed by atoms with Gasteiger partial charge in [-0.3, -0.25) is 4.79 Å². The van der Waals surface area contributed by atoms with E-state index in [9.17, 15) is 14.3 Å². The second kappa shape index (κ2) is 4.35. The Bertz CT molecular complexity index is 631. The average Bonchev–Trinajstić information content (AvgIpc) is 2.79. The molecule has 19 heavy (non-hydrogen) atoms. The van der Waals surface area contributed by atoms with Gasteiger partial charge in [0, 0.05) is 23.6 Å². The van der Waals surface area contributed by atoms with Crippen LogP contribution in [0.1, 0.15) is 29.6 Å². The smallest absolute Gasteiger partial charge is 0.253 e. The van der Waals surface area contributed by atoms with Crippen molar-refractivity contribution in [2.45, 2.75) is 24.9 Å². The molecule has 100 valence electrons. The van der Waals surface area contributed by atoms with Gasteiger partial charge in [0.25, 0.3) is 5.91 Å². The molecule has 0 atom stereocenters. The molecule has 1 heterocycles. The van der Waals surface area contributed by atoms with Crippen molar-refractivity contribution < 1.29 is 14.3 Å². The number of aliphatic hydroxyl groups is 1. The molecular weight excluding hydrogens is 247 g/mol. The number of carbonyl (C=O) groups excluding carboxylic acids is 1. The molecule has 0 saturated heterocycles. The lowest BCUT2D eigenvalue weighted by molar-refractivity contribution is -0.0300. The molecule has 4 nitrogen and oxygen atoms in total. The first kappa shape index (κ1) is 12.2. The van der Waals surface area contributed by atoms with Crippen LogP contribution in [0.4, 0.5) is 4.39 Å². The largest absolute Gasteiger partial charge is 0.388 e. The number of amides is 1. The number of aromatic amines is 1. The van der Waals surface area contributed by atoms with Gasteiger partial charge in [0.1, 0.15) is 5.82 Å². The van der Waals surface area contributed by atoms with Gasteiger partial charge < -0.3 is 15.4 Å². The van der Waals surface area contributed by atoms with Crippen molar-refractivity contribution in [3.05, 3.63) is 35.8 Å². The summed E-state index contributed by atoms with van der Waals surface area (Å²) < 4.78 is 13.7. The Hall–Kier alpha value is -1.88. The molecule has 3 N–H and O–H groups in total. The normalized spacial score (nSPS) is 17.2. The minimum absolute atomic E-state index is 0.215. The van der Waals surface area contributed by atoms with Gasteiger partial charge in [0.05, 0.1) is 11.2 Å². The van der Waals surface area contributed by atoms with Gasteiger partial charge >= 0.3 is 0 Å². The van der Waals surface area contributed by atoms with Gasteiger partial charge in [-0.15, -0.1) is 0 Å². The van der Waals surface area contributed by atoms with Gasteiger partial charge in [0.2, 0.25) is 0 Å². The number of fused-ring (bicyclic) bond motifs is 1. The van der Waals surface area contributed by atoms with Crippen molar-refractivity contribution in [2.75, 3.05) is 6.54 Å². The second-order valence-electron chi connectivity index (χ2n) is 5.13. The van der Waals surface area contributed by atoms with Gasteiger partial charge in [0.15, 0.2) is 0 Å². The van der Waals surface area contributed by atoms with Gasteiger partial charge in [-0.25, -0.2) is 4.39 Å². The predicted molar refractivity (Wildman–Crippen MR) is 69.4 cm³/mol. The standard InChI is InChI=1S/C14H15FN2O2/c15-10-3-1-4-11-12(10)9(7-16-11)13(18)17-8-14(19)5-2-6-14/h1,3-4,7,16,19H,2,5-6,8H2,(H,17,18). The highest BCUT2D eigenvalue weighted by Crippen LogP contribution is 2.30. The number of carbonyl (C=O) groups is 1. The maximum Gasteiger partial charge on any atom is 0.253 e. The maximum atomic E-state index is 13.7. The van der Waals surface area contributed by atoms with Crippen LogP contribution < -0.4 is 5.32 Å². The molecule has 1 amide bonds. The molecule has 1 aliphatic carbocycles. The van der Waals surface area contributed by atoms with Crippen molar-refractivity contribution in [1.29, 1.82) is 0 Å². The van der Waals surface area contributed by atoms with E-state index in [2.05, 4.69) is 10.3 Å². The van der Waals surface area contributed by atoms with Crippen LogP contribution in [0.15, 0.2) is 24.4 Å². The van der Waals surface area contributed by atoms with Crippen LogP contribution >= 0.6 is 0 Å². The van der Waals surface area contributed by atoms with Crippen LogP contribution in [0.5, 0.6) is 0 Å². The average molecular weight is 262 g/mol. The number of benzene rings is 1. The third-order valence-electron chi connectivity index (χ3n) is 3.76. The molecule has 0 aliphatic heterocycles. The number of halogens is 1. The quantitative estimate of drug-likeness (QED) is 0.791. The summed E-state index contributed by atoms with van der Waals surface area (Å²) in [5.74, 6) is -0.789. The number of hydrogen-bond acceptors (Lipinski definition) is 2. The van der Waals surface area contributed by atoms with E-state index in [4.69, 9.17) is 0 Å². The minimum atomic E-state index is -0.777. The number of H-pyrrole nitrogens is 1. The molecule has 0 spiro atoms. The Morgan fingerprint density at radius 2 is 2.26 bits per heavy atom. The first-order chi connectivity index (χ1) is 9.09. The number of rotatable bonds is 3. The third-order valence-corrected chi connectivity index (χ3v) is 3.76. The fraction of sp³-hybridized carbons (Fsp3) is 0.357. The van der Waals surface area contributed by atoms with Crippen molar-refractivity contribution in [2.24, 2.45) is 0 Å². The van der Waals surface area contributed by atoms with Crippen molar-refractivity contribution in [3.63, 3.8) is 0 Å². The number of aromatic nitrogens is 1. The zero-order valence-electron chi connectivity index (χ0n) is 10.4. The molecule has 1 fully saturated rings. The molecular formula is C14H15FN2O2. The summed E-state index contributed by atoms with van der Waals surface area (Å²) in [5, 5.41) is 12.9. The highest BCUT2D eigenvalue weighted by atomic mass is 19.1. The fourth-order valence-corrected chi connectivity index (χ4v) is 2.42. The van der Waals surface area contributed by atoms with Gasteiger partial charge in [-0.05, 0) is 31.4 Å². The second-order valence-corrected chi connectivity index (χ2v) is 5.13. The van der Waals surface area contributed by atoms with Gasteiger partial charge in [-0.1, -0.05) is 6.07 Å². The number of nitrogens with one attached hydrogen (secondary N) is 2. The maximum absolute atomic E-state index is 13.7. The first-order valence-electron chi connectivity index (χ1n) is 6.35. The zero-order chi connectivity index (χ0) is 13.5. The Labute approximate surface area is 109 Å². The van der Waals surface area contributed by atoms with E-state index >= 15 is 0 Å². The molecule has 1 aromatic carbocycles. The van der Waals surface area contributed by atoms with E-state index in [0.717, 1.165) is 6.42 Å². The molecule has 0 bridgehead atoms. The lowest BCUT2D eigenvalue weighted by Crippen LogP contribution is -2.47. The van der Waals surface area contributed by atoms with Crippen LogP contribution in [-0.4, -0.2) is 28.1 Å². The highest BCUT2D eigenvalue weighted by molar-refractivity contribution is 6.06. The summed E-state index contributed by atoms with van der Waals surface area (Å²) in [7, 11) is 0. The van der Waals surface area contributed by atoms with E-state index in [1.54, 1.807) is 12.1 Å². The van der Waals surface area contributed by atoms with Crippen molar-refractivity contribution >= 4 is 16.8 Å². The first-order valence-corrected chi connectivity index (χ1v) is 6.35. The lowest BCUT2D eigenvalue weighted by Gasteiger charge is -2.36.